The Hall–Kier alpha value is -1.86. The lowest BCUT2D eigenvalue weighted by Crippen LogP contribution is -2.60. The molecule has 0 radical (unpaired) electrons. The fraction of sp³-hybridized carbons (Fsp3) is 0.526. The van der Waals surface area contributed by atoms with Gasteiger partial charge < -0.3 is 14.2 Å². The van der Waals surface area contributed by atoms with Crippen LogP contribution in [0.5, 0.6) is 0 Å². The number of rotatable bonds is 5. The van der Waals surface area contributed by atoms with E-state index in [1.165, 1.54) is 6.20 Å². The highest BCUT2D eigenvalue weighted by Crippen LogP contribution is 2.46. The van der Waals surface area contributed by atoms with Gasteiger partial charge in [0.15, 0.2) is 0 Å². The van der Waals surface area contributed by atoms with E-state index in [-0.39, 0.29) is 16.8 Å². The largest absolute Gasteiger partial charge is 0.371 e. The van der Waals surface area contributed by atoms with Gasteiger partial charge in [0.2, 0.25) is 0 Å². The number of aryl methyl sites for hydroxylation is 2. The third kappa shape index (κ3) is 3.38. The summed E-state index contributed by atoms with van der Waals surface area (Å²) in [5.74, 6) is 1.67. The molecule has 2 aromatic rings. The van der Waals surface area contributed by atoms with Crippen molar-refractivity contribution in [2.24, 2.45) is 0 Å². The van der Waals surface area contributed by atoms with E-state index >= 15 is 0 Å². The first-order chi connectivity index (χ1) is 12.6. The van der Waals surface area contributed by atoms with Gasteiger partial charge in [-0.1, -0.05) is 18.1 Å². The van der Waals surface area contributed by atoms with Crippen molar-refractivity contribution >= 4 is 17.7 Å². The number of carbonyl (C=O) groups is 1. The van der Waals surface area contributed by atoms with E-state index in [4.69, 9.17) is 9.26 Å². The summed E-state index contributed by atoms with van der Waals surface area (Å²) < 4.78 is 11.4. The van der Waals surface area contributed by atoms with Crippen molar-refractivity contribution in [1.29, 1.82) is 0 Å². The molecule has 2 aliphatic rings. The van der Waals surface area contributed by atoms with Crippen LogP contribution in [0.25, 0.3) is 0 Å². The highest BCUT2D eigenvalue weighted by molar-refractivity contribution is 8.01. The van der Waals surface area contributed by atoms with Gasteiger partial charge in [0.25, 0.3) is 5.91 Å². The SMILES string of the molecule is CCc1oncc1C(=O)N1CC2(C[C@@H](OCc3cccc(C)n3)CS2)C1. The second-order valence-electron chi connectivity index (χ2n) is 7.08. The maximum atomic E-state index is 12.6. The molecule has 2 aliphatic heterocycles. The third-order valence-corrected chi connectivity index (χ3v) is 6.61. The van der Waals surface area contributed by atoms with Crippen molar-refractivity contribution in [3.05, 3.63) is 47.1 Å². The standard InChI is InChI=1S/C19H23N3O3S/c1-3-17-16(8-20-25-17)18(23)22-11-19(12-22)7-15(10-26-19)24-9-14-6-4-5-13(2)21-14/h4-6,8,15H,3,7,9-12H2,1-2H3/t15-/m1/s1. The molecule has 7 heteroatoms. The van der Waals surface area contributed by atoms with Crippen molar-refractivity contribution in [1.82, 2.24) is 15.0 Å². The van der Waals surface area contributed by atoms with Crippen molar-refractivity contribution in [3.8, 4) is 0 Å². The fourth-order valence-electron chi connectivity index (χ4n) is 3.67. The van der Waals surface area contributed by atoms with E-state index in [1.807, 2.05) is 48.7 Å². The molecule has 1 atom stereocenters. The number of carbonyl (C=O) groups excluding carboxylic acids is 1. The number of hydrogen-bond donors (Lipinski definition) is 0. The molecule has 0 N–H and O–H groups in total. The average molecular weight is 373 g/mol. The van der Waals surface area contributed by atoms with E-state index in [2.05, 4.69) is 10.1 Å². The molecule has 0 aromatic carbocycles. The second-order valence-corrected chi connectivity index (χ2v) is 8.57. The number of pyridine rings is 1. The van der Waals surface area contributed by atoms with Crippen LogP contribution in [0.3, 0.4) is 0 Å². The highest BCUT2D eigenvalue weighted by Gasteiger charge is 2.51. The zero-order valence-electron chi connectivity index (χ0n) is 15.1. The topological polar surface area (TPSA) is 68.5 Å². The normalized spacial score (nSPS) is 21.2. The van der Waals surface area contributed by atoms with Gasteiger partial charge in [-0.3, -0.25) is 9.78 Å². The lowest BCUT2D eigenvalue weighted by atomic mass is 9.92. The summed E-state index contributed by atoms with van der Waals surface area (Å²) in [6, 6.07) is 6.00. The third-order valence-electron chi connectivity index (χ3n) is 5.03. The Morgan fingerprint density at radius 3 is 3.08 bits per heavy atom. The number of likely N-dealkylation sites (tertiary alicyclic amines) is 1. The first kappa shape index (κ1) is 17.5. The minimum atomic E-state index is 0.0302. The molecule has 0 bridgehead atoms. The molecule has 2 fully saturated rings. The number of nitrogens with zero attached hydrogens (tertiary/aromatic N) is 3. The monoisotopic (exact) mass is 373 g/mol. The zero-order valence-corrected chi connectivity index (χ0v) is 15.9. The van der Waals surface area contributed by atoms with Crippen LogP contribution in [-0.4, -0.2) is 50.6 Å². The van der Waals surface area contributed by atoms with Crippen molar-refractivity contribution in [3.63, 3.8) is 0 Å². The highest BCUT2D eigenvalue weighted by atomic mass is 32.2. The molecule has 4 rings (SSSR count). The average Bonchev–Trinajstić information content (AvgIpc) is 3.25. The molecule has 0 unspecified atom stereocenters. The summed E-state index contributed by atoms with van der Waals surface area (Å²) in [5, 5.41) is 3.76. The Kier molecular flexibility index (Phi) is 4.75. The summed E-state index contributed by atoms with van der Waals surface area (Å²) in [7, 11) is 0. The molecular formula is C19H23N3O3S. The number of ether oxygens (including phenoxy) is 1. The van der Waals surface area contributed by atoms with E-state index in [9.17, 15) is 4.79 Å². The molecule has 26 heavy (non-hydrogen) atoms. The van der Waals surface area contributed by atoms with Crippen LogP contribution in [0.1, 0.15) is 40.9 Å². The first-order valence-electron chi connectivity index (χ1n) is 8.99. The van der Waals surface area contributed by atoms with Crippen LogP contribution in [0.4, 0.5) is 0 Å². The lowest BCUT2D eigenvalue weighted by Gasteiger charge is -2.47. The number of aromatic nitrogens is 2. The lowest BCUT2D eigenvalue weighted by molar-refractivity contribution is 0.0244. The molecular weight excluding hydrogens is 350 g/mol. The van der Waals surface area contributed by atoms with Gasteiger partial charge in [-0.2, -0.15) is 0 Å². The van der Waals surface area contributed by atoms with Gasteiger partial charge in [0, 0.05) is 31.0 Å². The van der Waals surface area contributed by atoms with E-state index in [0.29, 0.717) is 24.4 Å². The molecule has 2 aromatic heterocycles. The van der Waals surface area contributed by atoms with Gasteiger partial charge in [-0.15, -0.1) is 11.8 Å². The molecule has 1 amide bonds. The molecule has 138 valence electrons. The van der Waals surface area contributed by atoms with Gasteiger partial charge >= 0.3 is 0 Å². The Balaban J connectivity index is 1.29. The predicted octanol–water partition coefficient (Wildman–Crippen LogP) is 2.86. The summed E-state index contributed by atoms with van der Waals surface area (Å²) in [5.41, 5.74) is 2.58. The molecule has 1 spiro atoms. The summed E-state index contributed by atoms with van der Waals surface area (Å²) >= 11 is 1.93. The van der Waals surface area contributed by atoms with Crippen LogP contribution in [-0.2, 0) is 17.8 Å². The molecule has 4 heterocycles. The maximum Gasteiger partial charge on any atom is 0.259 e. The van der Waals surface area contributed by atoms with E-state index in [1.54, 1.807) is 0 Å². The fourth-order valence-corrected chi connectivity index (χ4v) is 5.22. The Labute approximate surface area is 157 Å². The van der Waals surface area contributed by atoms with Crippen LogP contribution < -0.4 is 0 Å². The van der Waals surface area contributed by atoms with Crippen LogP contribution in [0.15, 0.2) is 28.9 Å². The van der Waals surface area contributed by atoms with Crippen molar-refractivity contribution < 1.29 is 14.1 Å². The van der Waals surface area contributed by atoms with E-state index < -0.39 is 0 Å². The minimum Gasteiger partial charge on any atom is -0.371 e. The number of thioether (sulfide) groups is 1. The molecule has 2 saturated heterocycles. The minimum absolute atomic E-state index is 0.0302. The molecule has 0 saturated carbocycles. The van der Waals surface area contributed by atoms with Gasteiger partial charge in [0.05, 0.1) is 29.3 Å². The second kappa shape index (κ2) is 7.04. The van der Waals surface area contributed by atoms with Crippen molar-refractivity contribution in [2.75, 3.05) is 18.8 Å². The summed E-state index contributed by atoms with van der Waals surface area (Å²) in [6.45, 7) is 6.04. The van der Waals surface area contributed by atoms with Crippen LogP contribution >= 0.6 is 11.8 Å². The Morgan fingerprint density at radius 1 is 1.46 bits per heavy atom. The van der Waals surface area contributed by atoms with Gasteiger partial charge in [-0.05, 0) is 25.5 Å². The smallest absolute Gasteiger partial charge is 0.259 e. The Morgan fingerprint density at radius 2 is 2.31 bits per heavy atom. The van der Waals surface area contributed by atoms with Gasteiger partial charge in [-0.25, -0.2) is 0 Å². The molecule has 0 aliphatic carbocycles. The Bertz CT molecular complexity index is 801. The first-order valence-corrected chi connectivity index (χ1v) is 9.98. The van der Waals surface area contributed by atoms with Crippen molar-refractivity contribution in [2.45, 2.75) is 44.1 Å². The maximum absolute atomic E-state index is 12.6. The van der Waals surface area contributed by atoms with Gasteiger partial charge in [0.1, 0.15) is 11.3 Å². The van der Waals surface area contributed by atoms with E-state index in [0.717, 1.165) is 36.7 Å². The van der Waals surface area contributed by atoms with Crippen LogP contribution in [0.2, 0.25) is 0 Å². The quantitative estimate of drug-likeness (QED) is 0.803. The number of amides is 1. The van der Waals surface area contributed by atoms with Crippen LogP contribution in [0, 0.1) is 6.92 Å². The predicted molar refractivity (Wildman–Crippen MR) is 99.1 cm³/mol. The number of hydrogen-bond acceptors (Lipinski definition) is 6. The molecule has 6 nitrogen and oxygen atoms in total. The summed E-state index contributed by atoms with van der Waals surface area (Å²) in [4.78, 5) is 19.0. The zero-order chi connectivity index (χ0) is 18.1. The summed E-state index contributed by atoms with van der Waals surface area (Å²) in [6.07, 6.45) is 3.42.